The minimum atomic E-state index is -0.723. The van der Waals surface area contributed by atoms with Gasteiger partial charge >= 0.3 is 5.97 Å². The highest BCUT2D eigenvalue weighted by Crippen LogP contribution is 2.11. The van der Waals surface area contributed by atoms with Crippen LogP contribution in [0.3, 0.4) is 0 Å². The topological polar surface area (TPSA) is 65.7 Å². The van der Waals surface area contributed by atoms with Crippen molar-refractivity contribution in [2.24, 2.45) is 0 Å². The van der Waals surface area contributed by atoms with Crippen LogP contribution in [-0.2, 0) is 11.3 Å². The summed E-state index contributed by atoms with van der Waals surface area (Å²) in [7, 11) is 0. The summed E-state index contributed by atoms with van der Waals surface area (Å²) in [5.41, 5.74) is 0. The third kappa shape index (κ3) is 4.16. The summed E-state index contributed by atoms with van der Waals surface area (Å²) in [6, 6.07) is 4.14. The van der Waals surface area contributed by atoms with E-state index in [1.54, 1.807) is 6.26 Å². The normalized spacial score (nSPS) is 21.7. The highest BCUT2D eigenvalue weighted by atomic mass is 16.4. The van der Waals surface area contributed by atoms with Crippen molar-refractivity contribution in [3.63, 3.8) is 0 Å². The van der Waals surface area contributed by atoms with Crippen molar-refractivity contribution < 1.29 is 14.3 Å². The number of carboxylic acids is 1. The smallest absolute Gasteiger partial charge is 0.303 e. The van der Waals surface area contributed by atoms with Crippen LogP contribution in [0.5, 0.6) is 0 Å². The van der Waals surface area contributed by atoms with Crippen LogP contribution in [-0.4, -0.2) is 41.7 Å². The van der Waals surface area contributed by atoms with Crippen molar-refractivity contribution >= 4 is 5.97 Å². The summed E-state index contributed by atoms with van der Waals surface area (Å²) in [6.07, 6.45) is 3.69. The van der Waals surface area contributed by atoms with E-state index in [1.807, 2.05) is 12.1 Å². The van der Waals surface area contributed by atoms with Gasteiger partial charge in [-0.25, -0.2) is 0 Å². The summed E-state index contributed by atoms with van der Waals surface area (Å²) in [6.45, 7) is 3.67. The molecular formula is C13H20N2O3. The third-order valence-corrected chi connectivity index (χ3v) is 3.23. The van der Waals surface area contributed by atoms with E-state index in [9.17, 15) is 4.79 Å². The lowest BCUT2D eigenvalue weighted by atomic mass is 10.1. The molecule has 18 heavy (non-hydrogen) atoms. The van der Waals surface area contributed by atoms with Gasteiger partial charge in [0.05, 0.1) is 12.8 Å². The molecule has 1 aromatic rings. The van der Waals surface area contributed by atoms with E-state index in [0.29, 0.717) is 6.42 Å². The van der Waals surface area contributed by atoms with Gasteiger partial charge < -0.3 is 14.8 Å². The molecular weight excluding hydrogens is 232 g/mol. The average Bonchev–Trinajstić information content (AvgIpc) is 2.73. The van der Waals surface area contributed by atoms with E-state index in [4.69, 9.17) is 9.52 Å². The Morgan fingerprint density at radius 1 is 1.61 bits per heavy atom. The van der Waals surface area contributed by atoms with Crippen LogP contribution in [0.4, 0.5) is 0 Å². The molecule has 0 aromatic carbocycles. The lowest BCUT2D eigenvalue weighted by Gasteiger charge is -2.23. The van der Waals surface area contributed by atoms with Crippen molar-refractivity contribution in [2.45, 2.75) is 31.8 Å². The summed E-state index contributed by atoms with van der Waals surface area (Å²) in [5.74, 6) is 0.243. The first-order valence-electron chi connectivity index (χ1n) is 6.44. The number of rotatable bonds is 5. The highest BCUT2D eigenvalue weighted by Gasteiger charge is 2.19. The molecule has 1 unspecified atom stereocenters. The molecule has 1 aliphatic heterocycles. The van der Waals surface area contributed by atoms with Gasteiger partial charge in [0.25, 0.3) is 0 Å². The number of hydrogen-bond acceptors (Lipinski definition) is 4. The number of hydrogen-bond donors (Lipinski definition) is 2. The largest absolute Gasteiger partial charge is 0.481 e. The van der Waals surface area contributed by atoms with Gasteiger partial charge in [-0.3, -0.25) is 9.69 Å². The van der Waals surface area contributed by atoms with Gasteiger partial charge in [-0.1, -0.05) is 0 Å². The van der Waals surface area contributed by atoms with Crippen LogP contribution in [0.15, 0.2) is 22.8 Å². The third-order valence-electron chi connectivity index (χ3n) is 3.23. The molecule has 5 nitrogen and oxygen atoms in total. The number of aliphatic carboxylic acids is 1. The lowest BCUT2D eigenvalue weighted by molar-refractivity contribution is -0.137. The van der Waals surface area contributed by atoms with E-state index < -0.39 is 5.97 Å². The van der Waals surface area contributed by atoms with Gasteiger partial charge in [-0.2, -0.15) is 0 Å². The van der Waals surface area contributed by atoms with Crippen molar-refractivity contribution in [1.29, 1.82) is 0 Å². The van der Waals surface area contributed by atoms with Gasteiger partial charge in [0.15, 0.2) is 0 Å². The molecule has 0 aliphatic carbocycles. The second-order valence-electron chi connectivity index (χ2n) is 4.75. The average molecular weight is 252 g/mol. The minimum Gasteiger partial charge on any atom is -0.481 e. The molecule has 2 heterocycles. The lowest BCUT2D eigenvalue weighted by Crippen LogP contribution is -2.37. The fraction of sp³-hybridized carbons (Fsp3) is 0.615. The van der Waals surface area contributed by atoms with Crippen molar-refractivity contribution in [3.05, 3.63) is 24.2 Å². The molecule has 1 aliphatic rings. The van der Waals surface area contributed by atoms with Gasteiger partial charge in [0, 0.05) is 19.0 Å². The summed E-state index contributed by atoms with van der Waals surface area (Å²) >= 11 is 0. The Balaban J connectivity index is 1.84. The van der Waals surface area contributed by atoms with Crippen LogP contribution in [0.2, 0.25) is 0 Å². The Morgan fingerprint density at radius 3 is 3.22 bits per heavy atom. The monoisotopic (exact) mass is 252 g/mol. The first-order valence-corrected chi connectivity index (χ1v) is 6.44. The molecule has 1 atom stereocenters. The Bertz CT molecular complexity index is 364. The van der Waals surface area contributed by atoms with Crippen LogP contribution < -0.4 is 5.32 Å². The molecule has 0 amide bonds. The summed E-state index contributed by atoms with van der Waals surface area (Å²) in [4.78, 5) is 12.9. The van der Waals surface area contributed by atoms with Crippen LogP contribution in [0, 0.1) is 0 Å². The number of nitrogens with one attached hydrogen (secondary N) is 1. The molecule has 100 valence electrons. The van der Waals surface area contributed by atoms with E-state index in [0.717, 1.165) is 38.4 Å². The van der Waals surface area contributed by atoms with Crippen molar-refractivity contribution in [1.82, 2.24) is 10.2 Å². The number of carbonyl (C=O) groups is 1. The van der Waals surface area contributed by atoms with Gasteiger partial charge in [0.2, 0.25) is 0 Å². The predicted octanol–water partition coefficient (Wildman–Crippen LogP) is 1.31. The molecule has 1 aromatic heterocycles. The Kier molecular flexibility index (Phi) is 4.78. The first kappa shape index (κ1) is 13.1. The molecule has 2 N–H and O–H groups in total. The molecule has 1 fully saturated rings. The van der Waals surface area contributed by atoms with E-state index in [-0.39, 0.29) is 12.5 Å². The van der Waals surface area contributed by atoms with Crippen LogP contribution in [0.25, 0.3) is 0 Å². The SMILES string of the molecule is O=C(O)CCC1CN(Cc2ccco2)CCCN1. The zero-order valence-electron chi connectivity index (χ0n) is 10.5. The number of carboxylic acid groups (broad SMARTS) is 1. The highest BCUT2D eigenvalue weighted by molar-refractivity contribution is 5.66. The maximum absolute atomic E-state index is 10.6. The predicted molar refractivity (Wildman–Crippen MR) is 67.3 cm³/mol. The molecule has 2 rings (SSSR count). The van der Waals surface area contributed by atoms with E-state index >= 15 is 0 Å². The number of nitrogens with zero attached hydrogens (tertiary/aromatic N) is 1. The molecule has 0 radical (unpaired) electrons. The van der Waals surface area contributed by atoms with Gasteiger partial charge in [-0.05, 0) is 38.1 Å². The molecule has 1 saturated heterocycles. The van der Waals surface area contributed by atoms with E-state index in [1.165, 1.54) is 0 Å². The van der Waals surface area contributed by atoms with E-state index in [2.05, 4.69) is 10.2 Å². The van der Waals surface area contributed by atoms with Crippen LogP contribution >= 0.6 is 0 Å². The molecule has 5 heteroatoms. The fourth-order valence-electron chi connectivity index (χ4n) is 2.33. The molecule has 0 spiro atoms. The Labute approximate surface area is 107 Å². The minimum absolute atomic E-state index is 0.228. The quantitative estimate of drug-likeness (QED) is 0.827. The van der Waals surface area contributed by atoms with Gasteiger partial charge in [0.1, 0.15) is 5.76 Å². The first-order chi connectivity index (χ1) is 8.74. The second-order valence-corrected chi connectivity index (χ2v) is 4.75. The zero-order chi connectivity index (χ0) is 12.8. The van der Waals surface area contributed by atoms with Crippen molar-refractivity contribution in [3.8, 4) is 0 Å². The summed E-state index contributed by atoms with van der Waals surface area (Å²) < 4.78 is 5.35. The maximum atomic E-state index is 10.6. The zero-order valence-corrected chi connectivity index (χ0v) is 10.5. The summed E-state index contributed by atoms with van der Waals surface area (Å²) in [5, 5.41) is 12.1. The maximum Gasteiger partial charge on any atom is 0.303 e. The molecule has 0 saturated carbocycles. The number of furan rings is 1. The Morgan fingerprint density at radius 2 is 2.50 bits per heavy atom. The standard InChI is InChI=1S/C13H20N2O3/c16-13(17)5-4-11-9-15(7-2-6-14-11)10-12-3-1-8-18-12/h1,3,8,11,14H,2,4-7,9-10H2,(H,16,17). The van der Waals surface area contributed by atoms with Crippen LogP contribution in [0.1, 0.15) is 25.0 Å². The van der Waals surface area contributed by atoms with Crippen molar-refractivity contribution in [2.75, 3.05) is 19.6 Å². The molecule has 0 bridgehead atoms. The fourth-order valence-corrected chi connectivity index (χ4v) is 2.33. The second kappa shape index (κ2) is 6.56. The Hall–Kier alpha value is -1.33. The van der Waals surface area contributed by atoms with Gasteiger partial charge in [-0.15, -0.1) is 0 Å².